The Morgan fingerprint density at radius 2 is 1.64 bits per heavy atom. The summed E-state index contributed by atoms with van der Waals surface area (Å²) in [6.45, 7) is 3.60. The summed E-state index contributed by atoms with van der Waals surface area (Å²) >= 11 is 0. The van der Waals surface area contributed by atoms with E-state index in [0.717, 1.165) is 18.2 Å². The van der Waals surface area contributed by atoms with Crippen LogP contribution in [0, 0.1) is 11.6 Å². The summed E-state index contributed by atoms with van der Waals surface area (Å²) in [6.07, 6.45) is 0.640. The molecule has 0 bridgehead atoms. The van der Waals surface area contributed by atoms with Crippen LogP contribution in [0.3, 0.4) is 0 Å². The minimum atomic E-state index is -3.67. The molecule has 0 saturated carbocycles. The molecular weight excluding hydrogens is 350 g/mol. The minimum Gasteiger partial charge on any atom is -0.322 e. The van der Waals surface area contributed by atoms with Gasteiger partial charge in [0.15, 0.2) is 0 Å². The van der Waals surface area contributed by atoms with Crippen LogP contribution in [0.1, 0.15) is 30.6 Å². The molecule has 134 valence electrons. The lowest BCUT2D eigenvalue weighted by Gasteiger charge is -2.12. The van der Waals surface area contributed by atoms with Gasteiger partial charge >= 0.3 is 0 Å². The lowest BCUT2D eigenvalue weighted by molar-refractivity contribution is 0.101. The zero-order chi connectivity index (χ0) is 18.6. The summed E-state index contributed by atoms with van der Waals surface area (Å²) in [5.74, 6) is -2.91. The zero-order valence-electron chi connectivity index (χ0n) is 13.7. The second-order valence-electron chi connectivity index (χ2n) is 5.51. The minimum absolute atomic E-state index is 0.0304. The first-order chi connectivity index (χ1) is 11.7. The Bertz CT molecular complexity index is 848. The normalized spacial score (nSPS) is 12.6. The van der Waals surface area contributed by atoms with Crippen molar-refractivity contribution in [1.29, 1.82) is 0 Å². The highest BCUT2D eigenvalue weighted by molar-refractivity contribution is 7.89. The fourth-order valence-electron chi connectivity index (χ4n) is 2.04. The molecule has 0 saturated heterocycles. The molecule has 0 aliphatic heterocycles. The van der Waals surface area contributed by atoms with Gasteiger partial charge in [0.25, 0.3) is 5.91 Å². The molecule has 0 radical (unpaired) electrons. The van der Waals surface area contributed by atoms with E-state index in [4.69, 9.17) is 0 Å². The highest BCUT2D eigenvalue weighted by atomic mass is 32.2. The van der Waals surface area contributed by atoms with Gasteiger partial charge in [0.1, 0.15) is 17.2 Å². The van der Waals surface area contributed by atoms with Gasteiger partial charge in [0, 0.05) is 11.7 Å². The summed E-state index contributed by atoms with van der Waals surface area (Å²) in [6, 6.07) is 8.21. The quantitative estimate of drug-likeness (QED) is 0.822. The monoisotopic (exact) mass is 368 g/mol. The largest absolute Gasteiger partial charge is 0.322 e. The molecule has 2 aromatic carbocycles. The topological polar surface area (TPSA) is 75.3 Å². The Hall–Kier alpha value is -2.32. The molecule has 8 heteroatoms. The molecular formula is C17H18F2N2O3S. The van der Waals surface area contributed by atoms with Crippen LogP contribution in [-0.4, -0.2) is 20.4 Å². The van der Waals surface area contributed by atoms with E-state index in [1.54, 1.807) is 6.92 Å². The standard InChI is InChI=1S/C17H18F2N2O3S/c1-3-11(2)21-25(23,24)13-9-7-12(8-10-13)20-17(22)16-14(18)5-4-6-15(16)19/h4-11,21H,3H2,1-2H3,(H,20,22)/t11-/m0/s1. The molecule has 1 amide bonds. The van der Waals surface area contributed by atoms with Crippen LogP contribution in [0.2, 0.25) is 0 Å². The number of hydrogen-bond donors (Lipinski definition) is 2. The van der Waals surface area contributed by atoms with Crippen LogP contribution in [-0.2, 0) is 10.0 Å². The lowest BCUT2D eigenvalue weighted by Crippen LogP contribution is -2.31. The van der Waals surface area contributed by atoms with Gasteiger partial charge in [0.2, 0.25) is 10.0 Å². The number of hydrogen-bond acceptors (Lipinski definition) is 3. The SMILES string of the molecule is CC[C@H](C)NS(=O)(=O)c1ccc(NC(=O)c2c(F)cccc2F)cc1. The van der Waals surface area contributed by atoms with Crippen molar-refractivity contribution in [2.24, 2.45) is 0 Å². The molecule has 0 spiro atoms. The fraction of sp³-hybridized carbons (Fsp3) is 0.235. The van der Waals surface area contributed by atoms with Crippen molar-refractivity contribution in [2.45, 2.75) is 31.2 Å². The second kappa shape index (κ2) is 7.71. The summed E-state index contributed by atoms with van der Waals surface area (Å²) in [7, 11) is -3.67. The predicted molar refractivity (Wildman–Crippen MR) is 90.8 cm³/mol. The number of rotatable bonds is 6. The Morgan fingerprint density at radius 3 is 2.16 bits per heavy atom. The van der Waals surface area contributed by atoms with Gasteiger partial charge in [-0.3, -0.25) is 4.79 Å². The second-order valence-corrected chi connectivity index (χ2v) is 7.22. The van der Waals surface area contributed by atoms with Crippen molar-refractivity contribution in [2.75, 3.05) is 5.32 Å². The van der Waals surface area contributed by atoms with Crippen molar-refractivity contribution < 1.29 is 22.0 Å². The van der Waals surface area contributed by atoms with Gasteiger partial charge in [-0.25, -0.2) is 21.9 Å². The van der Waals surface area contributed by atoms with Crippen molar-refractivity contribution in [3.63, 3.8) is 0 Å². The van der Waals surface area contributed by atoms with Crippen LogP contribution >= 0.6 is 0 Å². The van der Waals surface area contributed by atoms with Crippen LogP contribution in [0.5, 0.6) is 0 Å². The molecule has 1 atom stereocenters. The average molecular weight is 368 g/mol. The third kappa shape index (κ3) is 4.61. The summed E-state index contributed by atoms with van der Waals surface area (Å²) in [4.78, 5) is 12.0. The zero-order valence-corrected chi connectivity index (χ0v) is 14.5. The molecule has 2 aromatic rings. The van der Waals surface area contributed by atoms with Crippen LogP contribution in [0.4, 0.5) is 14.5 Å². The molecule has 0 heterocycles. The number of nitrogens with one attached hydrogen (secondary N) is 2. The van der Waals surface area contributed by atoms with Crippen LogP contribution in [0.15, 0.2) is 47.4 Å². The predicted octanol–water partition coefficient (Wildman–Crippen LogP) is 3.29. The van der Waals surface area contributed by atoms with Crippen molar-refractivity contribution in [1.82, 2.24) is 4.72 Å². The third-order valence-corrected chi connectivity index (χ3v) is 5.19. The number of carbonyl (C=O) groups is 1. The third-order valence-electron chi connectivity index (χ3n) is 3.58. The molecule has 0 aromatic heterocycles. The molecule has 0 aliphatic rings. The molecule has 0 aliphatic carbocycles. The van der Waals surface area contributed by atoms with E-state index < -0.39 is 33.1 Å². The van der Waals surface area contributed by atoms with Crippen molar-refractivity contribution >= 4 is 21.6 Å². The summed E-state index contributed by atoms with van der Waals surface area (Å²) < 4.78 is 54.0. The van der Waals surface area contributed by atoms with Crippen molar-refractivity contribution in [3.8, 4) is 0 Å². The van der Waals surface area contributed by atoms with Gasteiger partial charge in [-0.05, 0) is 49.7 Å². The van der Waals surface area contributed by atoms with E-state index in [-0.39, 0.29) is 16.6 Å². The maximum Gasteiger partial charge on any atom is 0.261 e. The Balaban J connectivity index is 2.17. The van der Waals surface area contributed by atoms with Crippen molar-refractivity contribution in [3.05, 3.63) is 59.7 Å². The van der Waals surface area contributed by atoms with Gasteiger partial charge < -0.3 is 5.32 Å². The first kappa shape index (κ1) is 19.0. The number of carbonyl (C=O) groups excluding carboxylic acids is 1. The highest BCUT2D eigenvalue weighted by Gasteiger charge is 2.19. The molecule has 0 fully saturated rings. The molecule has 25 heavy (non-hydrogen) atoms. The molecule has 2 rings (SSSR count). The van der Waals surface area contributed by atoms with E-state index in [1.165, 1.54) is 24.3 Å². The number of sulfonamides is 1. The van der Waals surface area contributed by atoms with Gasteiger partial charge in [-0.1, -0.05) is 13.0 Å². The average Bonchev–Trinajstić information content (AvgIpc) is 2.54. The Kier molecular flexibility index (Phi) is 5.86. The van der Waals surface area contributed by atoms with Gasteiger partial charge in [-0.2, -0.15) is 0 Å². The Labute approximate surface area is 145 Å². The van der Waals surface area contributed by atoms with E-state index in [9.17, 15) is 22.0 Å². The number of amides is 1. The lowest BCUT2D eigenvalue weighted by atomic mass is 10.2. The molecule has 2 N–H and O–H groups in total. The summed E-state index contributed by atoms with van der Waals surface area (Å²) in [5, 5.41) is 2.34. The fourth-order valence-corrected chi connectivity index (χ4v) is 3.37. The van der Waals surface area contributed by atoms with Gasteiger partial charge in [-0.15, -0.1) is 0 Å². The maximum absolute atomic E-state index is 13.6. The summed E-state index contributed by atoms with van der Waals surface area (Å²) in [5.41, 5.74) is -0.479. The maximum atomic E-state index is 13.6. The van der Waals surface area contributed by atoms with E-state index in [1.807, 2.05) is 6.92 Å². The number of benzene rings is 2. The number of anilines is 1. The first-order valence-electron chi connectivity index (χ1n) is 7.62. The molecule has 5 nitrogen and oxygen atoms in total. The highest BCUT2D eigenvalue weighted by Crippen LogP contribution is 2.18. The van der Waals surface area contributed by atoms with E-state index >= 15 is 0 Å². The number of halogens is 2. The van der Waals surface area contributed by atoms with E-state index in [2.05, 4.69) is 10.0 Å². The van der Waals surface area contributed by atoms with Crippen LogP contribution < -0.4 is 10.0 Å². The Morgan fingerprint density at radius 1 is 1.08 bits per heavy atom. The van der Waals surface area contributed by atoms with E-state index in [0.29, 0.717) is 6.42 Å². The first-order valence-corrected chi connectivity index (χ1v) is 9.10. The van der Waals surface area contributed by atoms with Crippen LogP contribution in [0.25, 0.3) is 0 Å². The molecule has 0 unspecified atom stereocenters. The smallest absolute Gasteiger partial charge is 0.261 e. The van der Waals surface area contributed by atoms with Gasteiger partial charge in [0.05, 0.1) is 4.90 Å².